The molecule has 3 rings (SSSR count). The lowest BCUT2D eigenvalue weighted by molar-refractivity contribution is 0.474. The van der Waals surface area contributed by atoms with Gasteiger partial charge < -0.3 is 10.2 Å². The van der Waals surface area contributed by atoms with Crippen LogP contribution in [0.1, 0.15) is 24.0 Å². The average Bonchev–Trinajstić information content (AvgIpc) is 3.46. The first kappa shape index (κ1) is 20.3. The third-order valence-electron chi connectivity index (χ3n) is 4.47. The highest BCUT2D eigenvalue weighted by Crippen LogP contribution is 2.22. The van der Waals surface area contributed by atoms with Gasteiger partial charge in [-0.05, 0) is 48.2 Å². The quantitative estimate of drug-likeness (QED) is 0.549. The number of rotatable bonds is 7. The number of halogens is 1. The van der Waals surface area contributed by atoms with Crippen molar-refractivity contribution < 1.29 is 12.8 Å². The third-order valence-corrected chi connectivity index (χ3v) is 6.00. The summed E-state index contributed by atoms with van der Waals surface area (Å²) < 4.78 is 40.4. The smallest absolute Gasteiger partial charge is 0.240 e. The molecule has 150 valence electrons. The molecule has 0 unspecified atom stereocenters. The summed E-state index contributed by atoms with van der Waals surface area (Å²) in [5.74, 6) is 0.399. The minimum Gasteiger partial charge on any atom is -0.352 e. The lowest BCUT2D eigenvalue weighted by atomic mass is 10.2. The second kappa shape index (κ2) is 8.70. The first-order valence-electron chi connectivity index (χ1n) is 9.15. The molecule has 0 aliphatic heterocycles. The minimum absolute atomic E-state index is 0.0864. The molecule has 2 aromatic carbocycles. The normalized spacial score (nSPS) is 14.8. The van der Waals surface area contributed by atoms with Crippen LogP contribution >= 0.6 is 0 Å². The van der Waals surface area contributed by atoms with Gasteiger partial charge >= 0.3 is 0 Å². The van der Waals surface area contributed by atoms with Gasteiger partial charge in [-0.1, -0.05) is 24.3 Å². The lowest BCUT2D eigenvalue weighted by Gasteiger charge is -2.22. The molecule has 8 heteroatoms. The van der Waals surface area contributed by atoms with Crippen molar-refractivity contribution in [3.8, 4) is 0 Å². The summed E-state index contributed by atoms with van der Waals surface area (Å²) in [7, 11) is 0.124. The summed E-state index contributed by atoms with van der Waals surface area (Å²) in [5, 5.41) is 3.24. The Hall–Kier alpha value is -2.45. The number of benzene rings is 2. The van der Waals surface area contributed by atoms with Crippen LogP contribution in [0.4, 0.5) is 4.39 Å². The molecule has 0 radical (unpaired) electrons. The summed E-state index contributed by atoms with van der Waals surface area (Å²) in [5.41, 5.74) is 1.79. The molecule has 0 saturated heterocycles. The maximum Gasteiger partial charge on any atom is 0.240 e. The zero-order valence-electron chi connectivity index (χ0n) is 16.0. The summed E-state index contributed by atoms with van der Waals surface area (Å²) in [6.07, 6.45) is 1.81. The second-order valence-corrected chi connectivity index (χ2v) is 8.64. The fourth-order valence-electron chi connectivity index (χ4n) is 2.83. The van der Waals surface area contributed by atoms with Crippen LogP contribution in [-0.4, -0.2) is 39.4 Å². The zero-order chi connectivity index (χ0) is 20.1. The SMILES string of the molecule is CN=C(NCc1ccc(S(=O)(=O)NC2CC2)cc1)N(C)Cc1cccc(F)c1. The van der Waals surface area contributed by atoms with E-state index in [9.17, 15) is 12.8 Å². The average molecular weight is 405 g/mol. The minimum atomic E-state index is -3.43. The van der Waals surface area contributed by atoms with Crippen LogP contribution in [0.2, 0.25) is 0 Å². The lowest BCUT2D eigenvalue weighted by Crippen LogP contribution is -2.38. The molecule has 2 N–H and O–H groups in total. The Balaban J connectivity index is 1.57. The summed E-state index contributed by atoms with van der Waals surface area (Å²) in [4.78, 5) is 6.42. The van der Waals surface area contributed by atoms with Gasteiger partial charge in [0.1, 0.15) is 5.82 Å². The van der Waals surface area contributed by atoms with Crippen LogP contribution in [0.5, 0.6) is 0 Å². The molecular weight excluding hydrogens is 379 g/mol. The Bertz CT molecular complexity index is 941. The van der Waals surface area contributed by atoms with Gasteiger partial charge in [-0.25, -0.2) is 17.5 Å². The summed E-state index contributed by atoms with van der Waals surface area (Å²) in [6, 6.07) is 13.3. The zero-order valence-corrected chi connectivity index (χ0v) is 16.8. The van der Waals surface area contributed by atoms with E-state index in [1.54, 1.807) is 37.4 Å². The predicted molar refractivity (Wildman–Crippen MR) is 108 cm³/mol. The van der Waals surface area contributed by atoms with E-state index in [0.29, 0.717) is 19.0 Å². The molecule has 0 heterocycles. The number of sulfonamides is 1. The molecular formula is C20H25FN4O2S. The van der Waals surface area contributed by atoms with Crippen molar-refractivity contribution >= 4 is 16.0 Å². The topological polar surface area (TPSA) is 73.8 Å². The first-order chi connectivity index (χ1) is 13.4. The molecule has 28 heavy (non-hydrogen) atoms. The number of nitrogens with zero attached hydrogens (tertiary/aromatic N) is 2. The monoisotopic (exact) mass is 404 g/mol. The van der Waals surface area contributed by atoms with Crippen LogP contribution < -0.4 is 10.0 Å². The predicted octanol–water partition coefficient (Wildman–Crippen LogP) is 2.47. The van der Waals surface area contributed by atoms with Crippen LogP contribution in [0.15, 0.2) is 58.4 Å². The number of aliphatic imine (C=N–C) groups is 1. The Kier molecular flexibility index (Phi) is 6.31. The van der Waals surface area contributed by atoms with E-state index in [1.165, 1.54) is 12.1 Å². The van der Waals surface area contributed by atoms with Crippen molar-refractivity contribution in [3.05, 3.63) is 65.5 Å². The molecule has 0 aromatic heterocycles. The van der Waals surface area contributed by atoms with Crippen molar-refractivity contribution in [2.75, 3.05) is 14.1 Å². The van der Waals surface area contributed by atoms with Crippen molar-refractivity contribution in [1.82, 2.24) is 14.9 Å². The van der Waals surface area contributed by atoms with E-state index in [4.69, 9.17) is 0 Å². The van der Waals surface area contributed by atoms with Crippen LogP contribution in [-0.2, 0) is 23.1 Å². The molecule has 0 atom stereocenters. The fourth-order valence-corrected chi connectivity index (χ4v) is 4.13. The van der Waals surface area contributed by atoms with Crippen LogP contribution in [0, 0.1) is 5.82 Å². The van der Waals surface area contributed by atoms with Gasteiger partial charge in [0.2, 0.25) is 10.0 Å². The number of nitrogens with one attached hydrogen (secondary N) is 2. The fraction of sp³-hybridized carbons (Fsp3) is 0.350. The number of hydrogen-bond donors (Lipinski definition) is 2. The molecule has 6 nitrogen and oxygen atoms in total. The molecule has 1 aliphatic rings. The Morgan fingerprint density at radius 1 is 1.18 bits per heavy atom. The van der Waals surface area contributed by atoms with Gasteiger partial charge in [0.05, 0.1) is 4.90 Å². The molecule has 0 spiro atoms. The maximum absolute atomic E-state index is 13.3. The Morgan fingerprint density at radius 2 is 1.89 bits per heavy atom. The highest BCUT2D eigenvalue weighted by molar-refractivity contribution is 7.89. The van der Waals surface area contributed by atoms with Crippen LogP contribution in [0.3, 0.4) is 0 Å². The number of hydrogen-bond acceptors (Lipinski definition) is 3. The Labute approximate surface area is 165 Å². The second-order valence-electron chi connectivity index (χ2n) is 6.93. The molecule has 1 aliphatic carbocycles. The first-order valence-corrected chi connectivity index (χ1v) is 10.6. The molecule has 0 bridgehead atoms. The van der Waals surface area contributed by atoms with E-state index in [2.05, 4.69) is 15.0 Å². The largest absolute Gasteiger partial charge is 0.352 e. The highest BCUT2D eigenvalue weighted by atomic mass is 32.2. The van der Waals surface area contributed by atoms with Gasteiger partial charge in [-0.3, -0.25) is 4.99 Å². The maximum atomic E-state index is 13.3. The summed E-state index contributed by atoms with van der Waals surface area (Å²) >= 11 is 0. The van der Waals surface area contributed by atoms with Gasteiger partial charge in [0, 0.05) is 33.2 Å². The van der Waals surface area contributed by atoms with E-state index in [0.717, 1.165) is 24.0 Å². The van der Waals surface area contributed by atoms with Gasteiger partial charge in [-0.2, -0.15) is 0 Å². The molecule has 2 aromatic rings. The number of guanidine groups is 1. The molecule has 0 amide bonds. The molecule has 1 fully saturated rings. The van der Waals surface area contributed by atoms with Crippen molar-refractivity contribution in [2.45, 2.75) is 36.9 Å². The van der Waals surface area contributed by atoms with Crippen molar-refractivity contribution in [2.24, 2.45) is 4.99 Å². The van der Waals surface area contributed by atoms with Crippen LogP contribution in [0.25, 0.3) is 0 Å². The van der Waals surface area contributed by atoms with Crippen molar-refractivity contribution in [1.29, 1.82) is 0 Å². The molecule has 1 saturated carbocycles. The van der Waals surface area contributed by atoms with E-state index in [-0.39, 0.29) is 16.8 Å². The van der Waals surface area contributed by atoms with Crippen molar-refractivity contribution in [3.63, 3.8) is 0 Å². The standard InChI is InChI=1S/C20H25FN4O2S/c1-22-20(25(2)14-16-4-3-5-17(21)12-16)23-13-15-6-10-19(11-7-15)28(26,27)24-18-8-9-18/h3-7,10-12,18,24H,8-9,13-14H2,1-2H3,(H,22,23). The van der Waals surface area contributed by atoms with Gasteiger partial charge in [-0.15, -0.1) is 0 Å². The van der Waals surface area contributed by atoms with Gasteiger partial charge in [0.15, 0.2) is 5.96 Å². The highest BCUT2D eigenvalue weighted by Gasteiger charge is 2.27. The van der Waals surface area contributed by atoms with E-state index >= 15 is 0 Å². The van der Waals surface area contributed by atoms with Gasteiger partial charge in [0.25, 0.3) is 0 Å². The van der Waals surface area contributed by atoms with E-state index in [1.807, 2.05) is 18.0 Å². The van der Waals surface area contributed by atoms with E-state index < -0.39 is 10.0 Å². The Morgan fingerprint density at radius 3 is 2.50 bits per heavy atom. The third kappa shape index (κ3) is 5.53. The summed E-state index contributed by atoms with van der Waals surface area (Å²) in [6.45, 7) is 1.01.